The summed E-state index contributed by atoms with van der Waals surface area (Å²) in [5.74, 6) is -2.28. The van der Waals surface area contributed by atoms with Gasteiger partial charge in [-0.15, -0.1) is 0 Å². The highest BCUT2D eigenvalue weighted by Gasteiger charge is 2.37. The maximum atomic E-state index is 12.5. The first kappa shape index (κ1) is 23.3. The maximum Gasteiger partial charge on any atom is 0.387 e. The SMILES string of the molecule is N#CC1(NC(=O)[CH]CS(=O)(=O)Cc2ccccc2OC(F)F)CCN(C(N)=O)CC1. The molecule has 0 aliphatic carbocycles. The van der Waals surface area contributed by atoms with Crippen molar-refractivity contribution in [3.05, 3.63) is 36.2 Å². The molecule has 1 aromatic carbocycles. The van der Waals surface area contributed by atoms with Crippen molar-refractivity contribution < 1.29 is 31.5 Å². The number of halogens is 2. The van der Waals surface area contributed by atoms with E-state index in [-0.39, 0.29) is 37.2 Å². The van der Waals surface area contributed by atoms with Crippen LogP contribution >= 0.6 is 0 Å². The second kappa shape index (κ2) is 9.71. The molecule has 0 spiro atoms. The number of carbonyl (C=O) groups excluding carboxylic acids is 2. The van der Waals surface area contributed by atoms with Crippen LogP contribution in [0.15, 0.2) is 24.3 Å². The molecule has 1 aromatic rings. The molecule has 1 saturated heterocycles. The Balaban J connectivity index is 1.94. The third kappa shape index (κ3) is 6.55. The number of amides is 3. The second-order valence-corrected chi connectivity index (χ2v) is 8.86. The fourth-order valence-electron chi connectivity index (χ4n) is 2.99. The van der Waals surface area contributed by atoms with Gasteiger partial charge in [0.15, 0.2) is 9.84 Å². The molecule has 163 valence electrons. The number of piperidine rings is 1. The van der Waals surface area contributed by atoms with E-state index in [9.17, 15) is 32.0 Å². The van der Waals surface area contributed by atoms with Gasteiger partial charge in [0.25, 0.3) is 0 Å². The van der Waals surface area contributed by atoms with Crippen molar-refractivity contribution in [2.24, 2.45) is 5.73 Å². The summed E-state index contributed by atoms with van der Waals surface area (Å²) >= 11 is 0. The molecule has 0 unspecified atom stereocenters. The molecule has 1 aliphatic heterocycles. The van der Waals surface area contributed by atoms with Gasteiger partial charge in [0.05, 0.1) is 24.0 Å². The lowest BCUT2D eigenvalue weighted by Gasteiger charge is -2.36. The first-order valence-corrected chi connectivity index (χ1v) is 10.7. The van der Waals surface area contributed by atoms with Crippen LogP contribution in [-0.2, 0) is 20.4 Å². The summed E-state index contributed by atoms with van der Waals surface area (Å²) in [6.45, 7) is -2.74. The van der Waals surface area contributed by atoms with Gasteiger partial charge in [-0.25, -0.2) is 13.2 Å². The number of hydrogen-bond donors (Lipinski definition) is 2. The van der Waals surface area contributed by atoms with Gasteiger partial charge in [0.1, 0.15) is 11.3 Å². The van der Waals surface area contributed by atoms with Crippen molar-refractivity contribution in [3.63, 3.8) is 0 Å². The van der Waals surface area contributed by atoms with E-state index in [0.29, 0.717) is 0 Å². The minimum Gasteiger partial charge on any atom is -0.435 e. The number of ether oxygens (including phenoxy) is 1. The predicted octanol–water partition coefficient (Wildman–Crippen LogP) is 0.960. The van der Waals surface area contributed by atoms with Crippen LogP contribution in [-0.4, -0.2) is 56.2 Å². The van der Waals surface area contributed by atoms with Crippen LogP contribution in [0.1, 0.15) is 18.4 Å². The lowest BCUT2D eigenvalue weighted by atomic mass is 9.89. The largest absolute Gasteiger partial charge is 0.435 e. The molecule has 0 atom stereocenters. The number of alkyl halides is 2. The fourth-order valence-corrected chi connectivity index (χ4v) is 4.23. The average molecular weight is 443 g/mol. The quantitative estimate of drug-likeness (QED) is 0.613. The molecule has 1 aliphatic rings. The van der Waals surface area contributed by atoms with Gasteiger partial charge >= 0.3 is 12.6 Å². The van der Waals surface area contributed by atoms with Crippen molar-refractivity contribution >= 4 is 21.8 Å². The summed E-state index contributed by atoms with van der Waals surface area (Å²) in [4.78, 5) is 24.7. The van der Waals surface area contributed by atoms with E-state index in [1.165, 1.54) is 29.2 Å². The molecule has 1 radical (unpaired) electrons. The molecule has 12 heteroatoms. The van der Waals surface area contributed by atoms with Crippen molar-refractivity contribution in [2.75, 3.05) is 18.8 Å². The highest BCUT2D eigenvalue weighted by molar-refractivity contribution is 7.90. The van der Waals surface area contributed by atoms with E-state index in [2.05, 4.69) is 10.1 Å². The number of nitrogens with one attached hydrogen (secondary N) is 1. The van der Waals surface area contributed by atoms with Gasteiger partial charge < -0.3 is 20.7 Å². The molecule has 1 heterocycles. The summed E-state index contributed by atoms with van der Waals surface area (Å²) < 4.78 is 53.9. The number of likely N-dealkylation sites (tertiary alicyclic amines) is 1. The van der Waals surface area contributed by atoms with Gasteiger partial charge in [-0.1, -0.05) is 18.2 Å². The second-order valence-electron chi connectivity index (χ2n) is 6.75. The number of carbonyl (C=O) groups is 2. The van der Waals surface area contributed by atoms with Gasteiger partial charge in [-0.3, -0.25) is 4.79 Å². The average Bonchev–Trinajstić information content (AvgIpc) is 2.68. The zero-order valence-electron chi connectivity index (χ0n) is 15.9. The highest BCUT2D eigenvalue weighted by atomic mass is 32.2. The third-order valence-electron chi connectivity index (χ3n) is 4.59. The minimum atomic E-state index is -3.87. The lowest BCUT2D eigenvalue weighted by Crippen LogP contribution is -2.56. The van der Waals surface area contributed by atoms with Crippen LogP contribution in [0, 0.1) is 17.8 Å². The molecule has 3 amide bonds. The Labute approximate surface area is 172 Å². The number of urea groups is 1. The molecule has 3 N–H and O–H groups in total. The number of benzene rings is 1. The van der Waals surface area contributed by atoms with Gasteiger partial charge in [-0.2, -0.15) is 14.0 Å². The predicted molar refractivity (Wildman–Crippen MR) is 102 cm³/mol. The van der Waals surface area contributed by atoms with Crippen molar-refractivity contribution in [2.45, 2.75) is 30.7 Å². The van der Waals surface area contributed by atoms with E-state index < -0.39 is 45.4 Å². The van der Waals surface area contributed by atoms with Crippen molar-refractivity contribution in [1.82, 2.24) is 10.2 Å². The van der Waals surface area contributed by atoms with Crippen LogP contribution < -0.4 is 15.8 Å². The first-order chi connectivity index (χ1) is 14.1. The lowest BCUT2D eigenvalue weighted by molar-refractivity contribution is -0.119. The summed E-state index contributed by atoms with van der Waals surface area (Å²) in [5.41, 5.74) is 3.99. The normalized spacial score (nSPS) is 16.0. The summed E-state index contributed by atoms with van der Waals surface area (Å²) in [6.07, 6.45) is 1.18. The molecule has 0 bridgehead atoms. The number of nitrogens with two attached hydrogens (primary N) is 1. The Hall–Kier alpha value is -2.94. The molecular formula is C18H21F2N4O5S. The Kier molecular flexibility index (Phi) is 7.55. The van der Waals surface area contributed by atoms with E-state index in [1.807, 2.05) is 6.07 Å². The number of nitriles is 1. The maximum absolute atomic E-state index is 12.5. The van der Waals surface area contributed by atoms with Crippen LogP contribution in [0.5, 0.6) is 5.75 Å². The standard InChI is InChI=1S/C18H21F2N4O5S/c19-16(20)29-14-4-2-1-3-13(14)11-30(27,28)10-5-15(25)23-18(12-21)6-8-24(9-7-18)17(22)26/h1-5,16H,6-11H2,(H2,22,26)(H,23,25). The van der Waals surface area contributed by atoms with Gasteiger partial charge in [0, 0.05) is 31.5 Å². The molecule has 2 rings (SSSR count). The van der Waals surface area contributed by atoms with Gasteiger partial charge in [-0.05, 0) is 6.07 Å². The molecular weight excluding hydrogens is 422 g/mol. The third-order valence-corrected chi connectivity index (χ3v) is 6.02. The van der Waals surface area contributed by atoms with E-state index in [4.69, 9.17) is 5.73 Å². The first-order valence-electron chi connectivity index (χ1n) is 8.90. The Bertz CT molecular complexity index is 925. The minimum absolute atomic E-state index is 0.0407. The Morgan fingerprint density at radius 3 is 2.53 bits per heavy atom. The smallest absolute Gasteiger partial charge is 0.387 e. The summed E-state index contributed by atoms with van der Waals surface area (Å²) in [5, 5.41) is 11.9. The Morgan fingerprint density at radius 2 is 1.97 bits per heavy atom. The summed E-state index contributed by atoms with van der Waals surface area (Å²) in [7, 11) is -3.87. The molecule has 30 heavy (non-hydrogen) atoms. The number of hydrogen-bond acceptors (Lipinski definition) is 6. The molecule has 0 aromatic heterocycles. The number of nitrogens with zero attached hydrogens (tertiary/aromatic N) is 2. The molecule has 9 nitrogen and oxygen atoms in total. The zero-order chi connectivity index (χ0) is 22.4. The van der Waals surface area contributed by atoms with E-state index in [0.717, 1.165) is 6.42 Å². The molecule has 0 saturated carbocycles. The fraction of sp³-hybridized carbons (Fsp3) is 0.444. The molecule has 1 fully saturated rings. The highest BCUT2D eigenvalue weighted by Crippen LogP contribution is 2.24. The monoisotopic (exact) mass is 443 g/mol. The van der Waals surface area contributed by atoms with Crippen molar-refractivity contribution in [3.8, 4) is 11.8 Å². The number of primary amides is 1. The topological polar surface area (TPSA) is 143 Å². The summed E-state index contributed by atoms with van der Waals surface area (Å²) in [6, 6.07) is 6.85. The number of sulfone groups is 1. The van der Waals surface area contributed by atoms with Crippen LogP contribution in [0.3, 0.4) is 0 Å². The van der Waals surface area contributed by atoms with Gasteiger partial charge in [0.2, 0.25) is 5.91 Å². The zero-order valence-corrected chi connectivity index (χ0v) is 16.7. The van der Waals surface area contributed by atoms with Crippen molar-refractivity contribution in [1.29, 1.82) is 5.26 Å². The Morgan fingerprint density at radius 1 is 1.33 bits per heavy atom. The van der Waals surface area contributed by atoms with Crippen LogP contribution in [0.2, 0.25) is 0 Å². The van der Waals surface area contributed by atoms with Crippen LogP contribution in [0.25, 0.3) is 0 Å². The van der Waals surface area contributed by atoms with E-state index >= 15 is 0 Å². The number of para-hydroxylation sites is 1. The van der Waals surface area contributed by atoms with E-state index in [1.54, 1.807) is 0 Å². The van der Waals surface area contributed by atoms with Crippen LogP contribution in [0.4, 0.5) is 13.6 Å². The number of rotatable bonds is 8.